The first-order chi connectivity index (χ1) is 30.0. The first-order valence-electron chi connectivity index (χ1n) is 26.6. The summed E-state index contributed by atoms with van der Waals surface area (Å²) in [5.74, 6) is 6.34. The van der Waals surface area contributed by atoms with Crippen LogP contribution in [-0.4, -0.2) is 24.4 Å². The van der Waals surface area contributed by atoms with Gasteiger partial charge in [-0.1, -0.05) is 199 Å². The summed E-state index contributed by atoms with van der Waals surface area (Å²) in [5.41, 5.74) is 5.80. The van der Waals surface area contributed by atoms with E-state index in [0.29, 0.717) is 17.5 Å². The molecule has 6 atom stereocenters. The van der Waals surface area contributed by atoms with Crippen molar-refractivity contribution in [2.24, 2.45) is 41.4 Å². The van der Waals surface area contributed by atoms with Gasteiger partial charge in [0.15, 0.2) is 11.5 Å². The molecule has 0 heterocycles. The molecule has 0 amide bonds. The topological polar surface area (TPSA) is 58.9 Å². The lowest BCUT2D eigenvalue weighted by Crippen LogP contribution is -2.03. The normalized spacial score (nSPS) is 15.7. The highest BCUT2D eigenvalue weighted by atomic mass is 16.5. The van der Waals surface area contributed by atoms with E-state index >= 15 is 0 Å². The van der Waals surface area contributed by atoms with E-state index in [1.807, 2.05) is 6.92 Å². The minimum atomic E-state index is 0.0278. The highest BCUT2D eigenvalue weighted by Crippen LogP contribution is 2.48. The second kappa shape index (κ2) is 34.9. The van der Waals surface area contributed by atoms with Gasteiger partial charge < -0.3 is 19.7 Å². The predicted octanol–water partition coefficient (Wildman–Crippen LogP) is 19.0. The number of phenolic OH excluding ortho intramolecular Hbond substituents is 2. The summed E-state index contributed by atoms with van der Waals surface area (Å²) >= 11 is 0. The average Bonchev–Trinajstić information content (AvgIpc) is 3.21. The van der Waals surface area contributed by atoms with Gasteiger partial charge in [-0.05, 0) is 127 Å². The Kier molecular flexibility index (Phi) is 32.5. The maximum Gasteiger partial charge on any atom is 0.207 e. The smallest absolute Gasteiger partial charge is 0.207 e. The molecule has 2 N–H and O–H groups in total. The fraction of sp³-hybridized carbons (Fsp3) is 0.797. The summed E-state index contributed by atoms with van der Waals surface area (Å²) in [6.45, 7) is 28.2. The standard InChI is InChI=1S/C59H106O4/c1-44(2)24-15-25-45(3)26-16-27-46(4)28-17-29-47(5)30-18-31-48(6)32-19-33-49(7)34-20-35-50(8)36-21-37-51(9)38-22-39-52(10)40-23-41-53(11)42-43-55-54(12)56(60)58(62-13)59(63-14)57(55)61/h26,28,42,44,47-52,60-61H,15-25,27,29-41,43H2,1-14H3/b45-26+,46-28-,53-42+. The minimum absolute atomic E-state index is 0.0278. The Morgan fingerprint density at radius 2 is 0.762 bits per heavy atom. The molecule has 0 aliphatic carbocycles. The van der Waals surface area contributed by atoms with E-state index in [1.54, 1.807) is 11.1 Å². The lowest BCUT2D eigenvalue weighted by molar-refractivity contribution is 0.314. The molecule has 0 bridgehead atoms. The van der Waals surface area contributed by atoms with Gasteiger partial charge in [0.2, 0.25) is 11.5 Å². The summed E-state index contributed by atoms with van der Waals surface area (Å²) in [6, 6.07) is 0. The predicted molar refractivity (Wildman–Crippen MR) is 278 cm³/mol. The van der Waals surface area contributed by atoms with E-state index in [0.717, 1.165) is 47.8 Å². The van der Waals surface area contributed by atoms with Crippen LogP contribution in [0.2, 0.25) is 0 Å². The largest absolute Gasteiger partial charge is 0.504 e. The van der Waals surface area contributed by atoms with Gasteiger partial charge in [-0.15, -0.1) is 0 Å². The van der Waals surface area contributed by atoms with Gasteiger partial charge in [-0.2, -0.15) is 0 Å². The number of aromatic hydroxyl groups is 2. The Morgan fingerprint density at radius 3 is 1.17 bits per heavy atom. The van der Waals surface area contributed by atoms with Crippen molar-refractivity contribution in [3.63, 3.8) is 0 Å². The highest BCUT2D eigenvalue weighted by molar-refractivity contribution is 5.66. The molecule has 63 heavy (non-hydrogen) atoms. The van der Waals surface area contributed by atoms with Crippen molar-refractivity contribution in [3.8, 4) is 23.0 Å². The summed E-state index contributed by atoms with van der Waals surface area (Å²) < 4.78 is 10.6. The number of allylic oxidation sites excluding steroid dienone is 6. The molecule has 0 saturated carbocycles. The molecule has 0 aliphatic heterocycles. The molecular weight excluding hydrogens is 773 g/mol. The van der Waals surface area contributed by atoms with Gasteiger partial charge in [0.1, 0.15) is 0 Å². The summed E-state index contributed by atoms with van der Waals surface area (Å²) in [4.78, 5) is 0. The van der Waals surface area contributed by atoms with E-state index in [4.69, 9.17) is 9.47 Å². The van der Waals surface area contributed by atoms with Gasteiger partial charge in [0, 0.05) is 11.1 Å². The van der Waals surface area contributed by atoms with Crippen molar-refractivity contribution in [2.75, 3.05) is 14.2 Å². The molecule has 1 rings (SSSR count). The van der Waals surface area contributed by atoms with Gasteiger partial charge >= 0.3 is 0 Å². The molecule has 0 aliphatic rings. The molecule has 0 spiro atoms. The number of methoxy groups -OCH3 is 2. The van der Waals surface area contributed by atoms with Crippen LogP contribution >= 0.6 is 0 Å². The molecule has 0 fully saturated rings. The van der Waals surface area contributed by atoms with Crippen molar-refractivity contribution in [2.45, 2.75) is 250 Å². The molecule has 1 aromatic rings. The molecule has 6 unspecified atom stereocenters. The molecule has 0 radical (unpaired) electrons. The van der Waals surface area contributed by atoms with Crippen LogP contribution in [0, 0.1) is 48.3 Å². The third-order valence-corrected chi connectivity index (χ3v) is 14.6. The number of benzene rings is 1. The van der Waals surface area contributed by atoms with Crippen LogP contribution in [0.4, 0.5) is 0 Å². The van der Waals surface area contributed by atoms with Gasteiger partial charge in [0.25, 0.3) is 0 Å². The van der Waals surface area contributed by atoms with Gasteiger partial charge in [0.05, 0.1) is 14.2 Å². The van der Waals surface area contributed by atoms with E-state index in [9.17, 15) is 10.2 Å². The zero-order valence-corrected chi connectivity index (χ0v) is 44.4. The molecule has 366 valence electrons. The monoisotopic (exact) mass is 879 g/mol. The number of hydrogen-bond donors (Lipinski definition) is 2. The maximum atomic E-state index is 10.8. The van der Waals surface area contributed by atoms with Crippen LogP contribution in [0.1, 0.15) is 248 Å². The van der Waals surface area contributed by atoms with Crippen LogP contribution in [0.25, 0.3) is 0 Å². The first kappa shape index (κ1) is 58.7. The Bertz CT molecular complexity index is 1420. The number of ether oxygens (including phenoxy) is 2. The maximum absolute atomic E-state index is 10.8. The van der Waals surface area contributed by atoms with Gasteiger partial charge in [-0.3, -0.25) is 0 Å². The summed E-state index contributed by atoms with van der Waals surface area (Å²) in [7, 11) is 2.94. The van der Waals surface area contributed by atoms with E-state index in [1.165, 1.54) is 174 Å². The molecule has 4 nitrogen and oxygen atoms in total. The van der Waals surface area contributed by atoms with Gasteiger partial charge in [-0.25, -0.2) is 0 Å². The van der Waals surface area contributed by atoms with E-state index < -0.39 is 0 Å². The second-order valence-corrected chi connectivity index (χ2v) is 21.8. The number of hydrogen-bond acceptors (Lipinski definition) is 4. The molecule has 4 heteroatoms. The highest BCUT2D eigenvalue weighted by Gasteiger charge is 2.22. The van der Waals surface area contributed by atoms with Crippen molar-refractivity contribution in [3.05, 3.63) is 46.1 Å². The van der Waals surface area contributed by atoms with E-state index in [2.05, 4.69) is 94.4 Å². The molecular formula is C59H106O4. The van der Waals surface area contributed by atoms with Crippen LogP contribution in [-0.2, 0) is 6.42 Å². The van der Waals surface area contributed by atoms with Crippen molar-refractivity contribution >= 4 is 0 Å². The Morgan fingerprint density at radius 1 is 0.429 bits per heavy atom. The van der Waals surface area contributed by atoms with E-state index in [-0.39, 0.29) is 23.0 Å². The molecule has 0 saturated heterocycles. The zero-order valence-electron chi connectivity index (χ0n) is 44.4. The fourth-order valence-corrected chi connectivity index (χ4v) is 9.67. The van der Waals surface area contributed by atoms with Crippen LogP contribution in [0.15, 0.2) is 34.9 Å². The molecule has 1 aromatic carbocycles. The van der Waals surface area contributed by atoms with Crippen LogP contribution in [0.3, 0.4) is 0 Å². The Balaban J connectivity index is 2.10. The quantitative estimate of drug-likeness (QED) is 0.0513. The lowest BCUT2D eigenvalue weighted by Gasteiger charge is -2.18. The van der Waals surface area contributed by atoms with Crippen molar-refractivity contribution in [1.82, 2.24) is 0 Å². The first-order valence-corrected chi connectivity index (χ1v) is 26.6. The Labute approximate surface area is 393 Å². The van der Waals surface area contributed by atoms with Crippen molar-refractivity contribution in [1.29, 1.82) is 0 Å². The second-order valence-electron chi connectivity index (χ2n) is 21.8. The Hall–Kier alpha value is -2.36. The summed E-state index contributed by atoms with van der Waals surface area (Å²) in [6.07, 6.45) is 41.2. The average molecular weight is 879 g/mol. The SMILES string of the molecule is COc1c(O)c(C)c(C/C=C(\C)CCCC(C)CCCC(C)CCCC(C)CCCC(C)CCCC(C)CCCC(C)CC/C=C(/C)CC/C=C(\C)CCCC(C)C)c(O)c1OC. The zero-order chi connectivity index (χ0) is 47.2. The van der Waals surface area contributed by atoms with Crippen molar-refractivity contribution < 1.29 is 19.7 Å². The minimum Gasteiger partial charge on any atom is -0.504 e. The van der Waals surface area contributed by atoms with Crippen LogP contribution < -0.4 is 9.47 Å². The lowest BCUT2D eigenvalue weighted by atomic mass is 9.89. The fourth-order valence-electron chi connectivity index (χ4n) is 9.67. The number of phenols is 2. The third kappa shape index (κ3) is 27.7. The molecule has 0 aromatic heterocycles. The third-order valence-electron chi connectivity index (χ3n) is 14.6. The summed E-state index contributed by atoms with van der Waals surface area (Å²) in [5, 5.41) is 21.3. The number of rotatable bonds is 38. The van der Waals surface area contributed by atoms with Crippen LogP contribution in [0.5, 0.6) is 23.0 Å².